The van der Waals surface area contributed by atoms with Crippen LogP contribution in [-0.2, 0) is 24.9 Å². The van der Waals surface area contributed by atoms with Gasteiger partial charge in [0.25, 0.3) is 0 Å². The number of hydrogen-bond acceptors (Lipinski definition) is 9. The summed E-state index contributed by atoms with van der Waals surface area (Å²) in [5.74, 6) is 0.854. The summed E-state index contributed by atoms with van der Waals surface area (Å²) >= 11 is 0. The third-order valence-electron chi connectivity index (χ3n) is 4.78. The van der Waals surface area contributed by atoms with Crippen molar-refractivity contribution in [2.45, 2.75) is 91.9 Å². The number of fused-ring (bicyclic) bond motifs is 1. The van der Waals surface area contributed by atoms with Gasteiger partial charge in [-0.05, 0) is 34.1 Å². The molecular weight excluding hydrogens is 443 g/mol. The average molecular weight is 485 g/mol. The Morgan fingerprint density at radius 2 is 1.73 bits per heavy atom. The third kappa shape index (κ3) is 9.57. The van der Waals surface area contributed by atoms with Crippen molar-refractivity contribution in [2.75, 3.05) is 30.6 Å². The molecule has 2 aromatic heterocycles. The second-order valence-corrected chi connectivity index (χ2v) is 10.6. The highest BCUT2D eigenvalue weighted by molar-refractivity contribution is 7.53. The number of nitrogens with two attached hydrogens (primary N) is 1. The smallest absolute Gasteiger partial charge is 0.356 e. The van der Waals surface area contributed by atoms with Crippen molar-refractivity contribution in [3.8, 4) is 0 Å². The molecule has 0 unspecified atom stereocenters. The molecule has 10 nitrogen and oxygen atoms in total. The Balaban J connectivity index is 1.95. The number of anilines is 2. The van der Waals surface area contributed by atoms with Gasteiger partial charge in [0.2, 0.25) is 5.95 Å². The zero-order valence-electron chi connectivity index (χ0n) is 20.7. The Morgan fingerprint density at radius 1 is 1.06 bits per heavy atom. The lowest BCUT2D eigenvalue weighted by molar-refractivity contribution is 0.0961. The molecule has 3 N–H and O–H groups in total. The fourth-order valence-electron chi connectivity index (χ4n) is 3.47. The lowest BCUT2D eigenvalue weighted by Crippen LogP contribution is -2.14. The number of rotatable bonds is 17. The molecule has 0 spiro atoms. The van der Waals surface area contributed by atoms with Crippen LogP contribution in [0.2, 0.25) is 0 Å². The van der Waals surface area contributed by atoms with Crippen molar-refractivity contribution in [1.29, 1.82) is 0 Å². The van der Waals surface area contributed by atoms with Crippen LogP contribution >= 0.6 is 7.60 Å². The van der Waals surface area contributed by atoms with Crippen LogP contribution in [-0.4, -0.2) is 51.2 Å². The molecule has 2 rings (SSSR count). The van der Waals surface area contributed by atoms with E-state index in [4.69, 9.17) is 19.5 Å². The first-order valence-corrected chi connectivity index (χ1v) is 13.7. The van der Waals surface area contributed by atoms with E-state index in [0.29, 0.717) is 24.6 Å². The van der Waals surface area contributed by atoms with Gasteiger partial charge in [0.15, 0.2) is 11.5 Å². The number of imidazole rings is 1. The molecule has 2 heterocycles. The summed E-state index contributed by atoms with van der Waals surface area (Å²) in [5, 5.41) is 3.39. The van der Waals surface area contributed by atoms with E-state index in [1.54, 1.807) is 6.33 Å². The highest BCUT2D eigenvalue weighted by atomic mass is 31.2. The maximum Gasteiger partial charge on any atom is 0.356 e. The van der Waals surface area contributed by atoms with Crippen LogP contribution in [0.3, 0.4) is 0 Å². The summed E-state index contributed by atoms with van der Waals surface area (Å²) in [6, 6.07) is 0. The van der Waals surface area contributed by atoms with Crippen molar-refractivity contribution in [3.63, 3.8) is 0 Å². The minimum atomic E-state index is -3.33. The van der Waals surface area contributed by atoms with Gasteiger partial charge in [-0.25, -0.2) is 4.98 Å². The Morgan fingerprint density at radius 3 is 2.39 bits per heavy atom. The fraction of sp³-hybridized carbons (Fsp3) is 0.773. The molecular formula is C22H41N6O4P. The highest BCUT2D eigenvalue weighted by Gasteiger charge is 2.28. The van der Waals surface area contributed by atoms with Gasteiger partial charge in [0.1, 0.15) is 11.9 Å². The largest absolute Gasteiger partial charge is 0.368 e. The molecule has 0 saturated heterocycles. The van der Waals surface area contributed by atoms with Crippen molar-refractivity contribution in [3.05, 3.63) is 6.33 Å². The molecule has 0 saturated carbocycles. The molecule has 0 fully saturated rings. The van der Waals surface area contributed by atoms with E-state index >= 15 is 0 Å². The molecule has 0 amide bonds. The van der Waals surface area contributed by atoms with Crippen LogP contribution in [0.15, 0.2) is 6.33 Å². The van der Waals surface area contributed by atoms with E-state index in [0.717, 1.165) is 18.5 Å². The second kappa shape index (κ2) is 13.8. The highest BCUT2D eigenvalue weighted by Crippen LogP contribution is 2.50. The third-order valence-corrected chi connectivity index (χ3v) is 6.77. The zero-order chi connectivity index (χ0) is 24.3. The predicted molar refractivity (Wildman–Crippen MR) is 132 cm³/mol. The molecule has 0 atom stereocenters. The normalized spacial score (nSPS) is 12.3. The number of aromatic nitrogens is 4. The molecule has 0 aliphatic heterocycles. The van der Waals surface area contributed by atoms with E-state index in [1.807, 2.05) is 32.3 Å². The number of ether oxygens (including phenoxy) is 1. The van der Waals surface area contributed by atoms with Crippen LogP contribution in [0, 0.1) is 0 Å². The average Bonchev–Trinajstić information content (AvgIpc) is 3.12. The van der Waals surface area contributed by atoms with E-state index in [1.165, 1.54) is 32.1 Å². The van der Waals surface area contributed by atoms with Crippen LogP contribution in [0.1, 0.15) is 73.1 Å². The van der Waals surface area contributed by atoms with E-state index in [2.05, 4.69) is 27.2 Å². The first kappa shape index (κ1) is 27.5. The van der Waals surface area contributed by atoms with Crippen LogP contribution < -0.4 is 11.1 Å². The topological polar surface area (TPSA) is 126 Å². The summed E-state index contributed by atoms with van der Waals surface area (Å²) in [4.78, 5) is 13.0. The number of nitrogens with one attached hydrogen (secondary N) is 1. The van der Waals surface area contributed by atoms with E-state index in [-0.39, 0.29) is 24.5 Å². The summed E-state index contributed by atoms with van der Waals surface area (Å²) in [7, 11) is -3.33. The number of nitrogen functional groups attached to an aromatic ring is 1. The number of nitrogens with zero attached hydrogens (tertiary/aromatic N) is 4. The molecule has 0 aromatic carbocycles. The van der Waals surface area contributed by atoms with Crippen molar-refractivity contribution in [1.82, 2.24) is 19.5 Å². The SMILES string of the molecule is CCCCCCCCNc1nc(N)nc2ncn(CCOCP(=O)(OC(C)C)OC(C)C)c12. The lowest BCUT2D eigenvalue weighted by atomic mass is 10.1. The summed E-state index contributed by atoms with van der Waals surface area (Å²) < 4.78 is 31.5. The molecule has 33 heavy (non-hydrogen) atoms. The summed E-state index contributed by atoms with van der Waals surface area (Å²) in [6.07, 6.45) is 8.45. The fourth-order valence-corrected chi connectivity index (χ4v) is 5.28. The lowest BCUT2D eigenvalue weighted by Gasteiger charge is -2.22. The molecule has 0 radical (unpaired) electrons. The van der Waals surface area contributed by atoms with Gasteiger partial charge < -0.3 is 29.4 Å². The van der Waals surface area contributed by atoms with Crippen molar-refractivity contribution in [2.24, 2.45) is 0 Å². The van der Waals surface area contributed by atoms with Crippen molar-refractivity contribution >= 4 is 30.5 Å². The molecule has 188 valence electrons. The van der Waals surface area contributed by atoms with Crippen LogP contribution in [0.4, 0.5) is 11.8 Å². The van der Waals surface area contributed by atoms with E-state index in [9.17, 15) is 4.57 Å². The monoisotopic (exact) mass is 484 g/mol. The molecule has 11 heteroatoms. The Labute approximate surface area is 197 Å². The van der Waals surface area contributed by atoms with Crippen LogP contribution in [0.5, 0.6) is 0 Å². The molecule has 0 aliphatic rings. The Bertz CT molecular complexity index is 875. The summed E-state index contributed by atoms with van der Waals surface area (Å²) in [5.41, 5.74) is 7.18. The predicted octanol–water partition coefficient (Wildman–Crippen LogP) is 5.20. The summed E-state index contributed by atoms with van der Waals surface area (Å²) in [6.45, 7) is 11.1. The standard InChI is InChI=1S/C22H41N6O4P/c1-6-7-8-9-10-11-12-24-20-19-21(27-22(23)26-20)25-15-28(19)13-14-30-16-33(29,31-17(2)3)32-18(4)5/h15,17-18H,6-14,16H2,1-5H3,(H3,23,24,26,27). The maximum atomic E-state index is 12.9. The van der Waals surface area contributed by atoms with Gasteiger partial charge in [-0.3, -0.25) is 4.57 Å². The number of unbranched alkanes of at least 4 members (excludes halogenated alkanes) is 5. The molecule has 2 aromatic rings. The first-order chi connectivity index (χ1) is 15.7. The minimum Gasteiger partial charge on any atom is -0.368 e. The van der Waals surface area contributed by atoms with Crippen LogP contribution in [0.25, 0.3) is 11.2 Å². The van der Waals surface area contributed by atoms with Gasteiger partial charge in [-0.2, -0.15) is 9.97 Å². The minimum absolute atomic E-state index is 0.109. The Kier molecular flexibility index (Phi) is 11.5. The van der Waals surface area contributed by atoms with Gasteiger partial charge in [0, 0.05) is 13.1 Å². The van der Waals surface area contributed by atoms with Gasteiger partial charge in [0.05, 0.1) is 25.1 Å². The molecule has 0 bridgehead atoms. The van der Waals surface area contributed by atoms with E-state index < -0.39 is 7.60 Å². The number of hydrogen-bond donors (Lipinski definition) is 2. The van der Waals surface area contributed by atoms with Gasteiger partial charge >= 0.3 is 7.60 Å². The van der Waals surface area contributed by atoms with Gasteiger partial charge in [-0.1, -0.05) is 39.0 Å². The zero-order valence-corrected chi connectivity index (χ0v) is 21.6. The van der Waals surface area contributed by atoms with Crippen molar-refractivity contribution < 1.29 is 18.3 Å². The maximum absolute atomic E-state index is 12.9. The Hall–Kier alpha value is -1.74. The first-order valence-electron chi connectivity index (χ1n) is 12.0. The quantitative estimate of drug-likeness (QED) is 0.230. The molecule has 0 aliphatic carbocycles. The van der Waals surface area contributed by atoms with Gasteiger partial charge in [-0.15, -0.1) is 0 Å². The second-order valence-electron chi connectivity index (χ2n) is 8.69.